The molecule has 1 N–H and O–H groups in total. The predicted molar refractivity (Wildman–Crippen MR) is 81.2 cm³/mol. The Morgan fingerprint density at radius 3 is 3.05 bits per heavy atom. The largest absolute Gasteiger partial charge is 0.390 e. The molecule has 3 atom stereocenters. The first kappa shape index (κ1) is 15.3. The number of nitrogens with zero attached hydrogens (tertiary/aromatic N) is 3. The van der Waals surface area contributed by atoms with Crippen LogP contribution in [-0.2, 0) is 18.3 Å². The monoisotopic (exact) mass is 313 g/mol. The number of hydrogen-bond acceptors (Lipinski definition) is 4. The van der Waals surface area contributed by atoms with E-state index in [0.29, 0.717) is 24.4 Å². The third-order valence-electron chi connectivity index (χ3n) is 5.10. The summed E-state index contributed by atoms with van der Waals surface area (Å²) < 4.78 is 7.55. The van der Waals surface area contributed by atoms with E-state index < -0.39 is 5.60 Å². The highest BCUT2D eigenvalue weighted by atomic mass is 35.5. The molecule has 0 bridgehead atoms. The van der Waals surface area contributed by atoms with Crippen LogP contribution in [0.4, 0.5) is 0 Å². The summed E-state index contributed by atoms with van der Waals surface area (Å²) in [5.74, 6) is 1.15. The van der Waals surface area contributed by atoms with Crippen LogP contribution in [0.15, 0.2) is 6.20 Å². The summed E-state index contributed by atoms with van der Waals surface area (Å²) >= 11 is 6.07. The van der Waals surface area contributed by atoms with Gasteiger partial charge in [0.25, 0.3) is 0 Å². The topological polar surface area (TPSA) is 50.5 Å². The number of imidazole rings is 1. The molecule has 3 rings (SSSR count). The van der Waals surface area contributed by atoms with Crippen molar-refractivity contribution >= 4 is 11.6 Å². The zero-order valence-electron chi connectivity index (χ0n) is 12.8. The van der Waals surface area contributed by atoms with E-state index in [1.807, 2.05) is 18.5 Å². The lowest BCUT2D eigenvalue weighted by atomic mass is 9.79. The van der Waals surface area contributed by atoms with Crippen LogP contribution in [0.2, 0.25) is 5.15 Å². The average Bonchev–Trinajstić information content (AvgIpc) is 3.01. The second-order valence-corrected chi connectivity index (χ2v) is 6.91. The van der Waals surface area contributed by atoms with E-state index in [4.69, 9.17) is 16.3 Å². The number of ether oxygens (including phenoxy) is 1. The molecule has 118 valence electrons. The third kappa shape index (κ3) is 2.97. The molecule has 2 aliphatic rings. The number of likely N-dealkylation sites (tertiary alicyclic amines) is 1. The summed E-state index contributed by atoms with van der Waals surface area (Å²) in [6.07, 6.45) is 4.69. The number of hydrogen-bond donors (Lipinski definition) is 1. The fourth-order valence-electron chi connectivity index (χ4n) is 3.64. The van der Waals surface area contributed by atoms with E-state index in [1.165, 1.54) is 0 Å². The summed E-state index contributed by atoms with van der Waals surface area (Å²) in [5.41, 5.74) is -0.634. The Hall–Kier alpha value is -0.620. The molecule has 3 unspecified atom stereocenters. The lowest BCUT2D eigenvalue weighted by molar-refractivity contribution is -0.123. The molecular formula is C15H24ClN3O2. The minimum atomic E-state index is -0.634. The molecule has 2 fully saturated rings. The third-order valence-corrected chi connectivity index (χ3v) is 5.45. The van der Waals surface area contributed by atoms with E-state index in [0.717, 1.165) is 38.2 Å². The van der Waals surface area contributed by atoms with Gasteiger partial charge in [-0.2, -0.15) is 0 Å². The molecule has 5 nitrogen and oxygen atoms in total. The number of aromatic nitrogens is 2. The van der Waals surface area contributed by atoms with Gasteiger partial charge in [0.2, 0.25) is 0 Å². The van der Waals surface area contributed by atoms with Crippen LogP contribution >= 0.6 is 11.6 Å². The highest BCUT2D eigenvalue weighted by molar-refractivity contribution is 6.29. The maximum atomic E-state index is 10.7. The summed E-state index contributed by atoms with van der Waals surface area (Å²) in [6.45, 7) is 5.08. The Kier molecular flexibility index (Phi) is 4.28. The lowest BCUT2D eigenvalue weighted by Crippen LogP contribution is -2.52. The van der Waals surface area contributed by atoms with Crippen LogP contribution in [0.1, 0.15) is 32.0 Å². The van der Waals surface area contributed by atoms with Gasteiger partial charge >= 0.3 is 0 Å². The number of halogens is 1. The highest BCUT2D eigenvalue weighted by Gasteiger charge is 2.44. The quantitative estimate of drug-likeness (QED) is 0.925. The molecule has 0 amide bonds. The van der Waals surface area contributed by atoms with Crippen molar-refractivity contribution in [1.29, 1.82) is 0 Å². The molecular weight excluding hydrogens is 290 g/mol. The molecule has 0 aliphatic carbocycles. The van der Waals surface area contributed by atoms with Crippen molar-refractivity contribution in [1.82, 2.24) is 14.5 Å². The summed E-state index contributed by atoms with van der Waals surface area (Å²) in [5, 5.41) is 11.3. The van der Waals surface area contributed by atoms with Gasteiger partial charge in [0.1, 0.15) is 11.0 Å². The molecule has 1 aromatic rings. The van der Waals surface area contributed by atoms with Crippen molar-refractivity contribution in [2.75, 3.05) is 19.8 Å². The lowest BCUT2D eigenvalue weighted by Gasteiger charge is -2.43. The van der Waals surface area contributed by atoms with E-state index in [9.17, 15) is 5.11 Å². The van der Waals surface area contributed by atoms with Crippen LogP contribution in [-0.4, -0.2) is 51.0 Å². The summed E-state index contributed by atoms with van der Waals surface area (Å²) in [7, 11) is 1.94. The van der Waals surface area contributed by atoms with Gasteiger partial charge in [0, 0.05) is 25.6 Å². The molecule has 2 aliphatic heterocycles. The first-order valence-corrected chi connectivity index (χ1v) is 8.07. The van der Waals surface area contributed by atoms with Crippen molar-refractivity contribution < 1.29 is 9.84 Å². The molecule has 1 aromatic heterocycles. The molecule has 0 saturated carbocycles. The van der Waals surface area contributed by atoms with Gasteiger partial charge in [0.15, 0.2) is 0 Å². The Balaban J connectivity index is 1.74. The zero-order valence-corrected chi connectivity index (χ0v) is 13.5. The molecule has 6 heteroatoms. The van der Waals surface area contributed by atoms with Gasteiger partial charge in [0.05, 0.1) is 24.9 Å². The van der Waals surface area contributed by atoms with Crippen molar-refractivity contribution in [3.05, 3.63) is 17.2 Å². The van der Waals surface area contributed by atoms with Crippen LogP contribution < -0.4 is 0 Å². The van der Waals surface area contributed by atoms with E-state index in [2.05, 4.69) is 9.88 Å². The maximum absolute atomic E-state index is 10.7. The van der Waals surface area contributed by atoms with E-state index >= 15 is 0 Å². The van der Waals surface area contributed by atoms with Crippen LogP contribution in [0.5, 0.6) is 0 Å². The SMILES string of the molecule is Cn1c(Cl)cnc1CN1CCCC1C1COCCC1(C)O. The highest BCUT2D eigenvalue weighted by Crippen LogP contribution is 2.36. The fourth-order valence-corrected chi connectivity index (χ4v) is 3.78. The van der Waals surface area contributed by atoms with Gasteiger partial charge in [-0.25, -0.2) is 4.98 Å². The zero-order chi connectivity index (χ0) is 15.0. The maximum Gasteiger partial charge on any atom is 0.128 e. The fraction of sp³-hybridized carbons (Fsp3) is 0.800. The second-order valence-electron chi connectivity index (χ2n) is 6.52. The van der Waals surface area contributed by atoms with Crippen LogP contribution in [0, 0.1) is 5.92 Å². The first-order chi connectivity index (χ1) is 9.99. The van der Waals surface area contributed by atoms with Gasteiger partial charge in [-0.1, -0.05) is 11.6 Å². The molecule has 0 aromatic carbocycles. The van der Waals surface area contributed by atoms with Crippen molar-refractivity contribution in [2.45, 2.75) is 44.4 Å². The van der Waals surface area contributed by atoms with Gasteiger partial charge in [-0.15, -0.1) is 0 Å². The van der Waals surface area contributed by atoms with Crippen LogP contribution in [0.3, 0.4) is 0 Å². The predicted octanol–water partition coefficient (Wildman–Crippen LogP) is 1.83. The normalized spacial score (nSPS) is 34.5. The molecule has 0 spiro atoms. The minimum Gasteiger partial charge on any atom is -0.390 e. The van der Waals surface area contributed by atoms with Gasteiger partial charge in [-0.05, 0) is 32.7 Å². The van der Waals surface area contributed by atoms with E-state index in [-0.39, 0.29) is 5.92 Å². The summed E-state index contributed by atoms with van der Waals surface area (Å²) in [4.78, 5) is 6.81. The van der Waals surface area contributed by atoms with Gasteiger partial charge < -0.3 is 14.4 Å². The Bertz CT molecular complexity index is 503. The minimum absolute atomic E-state index is 0.171. The summed E-state index contributed by atoms with van der Waals surface area (Å²) in [6, 6.07) is 0.357. The van der Waals surface area contributed by atoms with E-state index in [1.54, 1.807) is 6.20 Å². The van der Waals surface area contributed by atoms with Crippen molar-refractivity contribution in [2.24, 2.45) is 13.0 Å². The number of aliphatic hydroxyl groups is 1. The molecule has 3 heterocycles. The smallest absolute Gasteiger partial charge is 0.128 e. The Morgan fingerprint density at radius 1 is 1.57 bits per heavy atom. The first-order valence-electron chi connectivity index (χ1n) is 7.69. The van der Waals surface area contributed by atoms with Crippen LogP contribution in [0.25, 0.3) is 0 Å². The Labute approximate surface area is 130 Å². The average molecular weight is 314 g/mol. The molecule has 21 heavy (non-hydrogen) atoms. The molecule has 2 saturated heterocycles. The van der Waals surface area contributed by atoms with Crippen molar-refractivity contribution in [3.8, 4) is 0 Å². The molecule has 0 radical (unpaired) electrons. The van der Waals surface area contributed by atoms with Crippen molar-refractivity contribution in [3.63, 3.8) is 0 Å². The Morgan fingerprint density at radius 2 is 2.38 bits per heavy atom. The number of rotatable bonds is 3. The second kappa shape index (κ2) is 5.88. The van der Waals surface area contributed by atoms with Gasteiger partial charge in [-0.3, -0.25) is 4.90 Å². The standard InChI is InChI=1S/C15H24ClN3O2/c1-15(20)5-7-21-10-11(15)12-4-3-6-19(12)9-14-17-8-13(16)18(14)2/h8,11-12,20H,3-7,9-10H2,1-2H3.